The third kappa shape index (κ3) is 12.9. The van der Waals surface area contributed by atoms with Crippen molar-refractivity contribution in [2.75, 3.05) is 32.8 Å². The van der Waals surface area contributed by atoms with Gasteiger partial charge in [-0.3, -0.25) is 9.80 Å². The molecule has 5 N–H and O–H groups in total. The lowest BCUT2D eigenvalue weighted by atomic mass is 9.96. The molecule has 88 heavy (non-hydrogen) atoms. The van der Waals surface area contributed by atoms with E-state index in [-0.39, 0.29) is 24.3 Å². The molecule has 4 saturated heterocycles. The number of benzene rings is 4. The van der Waals surface area contributed by atoms with Gasteiger partial charge >= 0.3 is 12.2 Å². The maximum absolute atomic E-state index is 13.4. The summed E-state index contributed by atoms with van der Waals surface area (Å²) in [4.78, 5) is 61.3. The zero-order valence-electron chi connectivity index (χ0n) is 53.3. The monoisotopic (exact) mass is 1210 g/mol. The molecule has 0 radical (unpaired) electrons. The summed E-state index contributed by atoms with van der Waals surface area (Å²) in [6, 6.07) is 28.2. The number of carbonyl (C=O) groups is 2. The van der Waals surface area contributed by atoms with E-state index in [4.69, 9.17) is 34.1 Å². The van der Waals surface area contributed by atoms with Crippen LogP contribution in [0.3, 0.4) is 0 Å². The molecule has 2 aliphatic carbocycles. The first-order chi connectivity index (χ1) is 42.3. The highest BCUT2D eigenvalue weighted by Crippen LogP contribution is 2.42. The quantitative estimate of drug-likeness (QED) is 0.0610. The number of hydrogen-bond acceptors (Lipinski definition) is 11. The molecule has 0 bridgehead atoms. The van der Waals surface area contributed by atoms with Crippen LogP contribution in [0.1, 0.15) is 176 Å². The third-order valence-electron chi connectivity index (χ3n) is 18.4. The summed E-state index contributed by atoms with van der Waals surface area (Å²) in [7, 11) is -1.28. The number of hydrogen-bond donors (Lipinski definition) is 5. The summed E-state index contributed by atoms with van der Waals surface area (Å²) in [5, 5.41) is 7.12. The Balaban J connectivity index is 0.000000183. The molecule has 2 amide bonds. The van der Waals surface area contributed by atoms with Crippen molar-refractivity contribution in [2.24, 2.45) is 0 Å². The van der Waals surface area contributed by atoms with Crippen LogP contribution < -0.4 is 10.6 Å². The van der Waals surface area contributed by atoms with Crippen molar-refractivity contribution in [1.29, 1.82) is 0 Å². The molecule has 14 rings (SSSR count). The van der Waals surface area contributed by atoms with Crippen LogP contribution in [0.15, 0.2) is 72.8 Å². The average Bonchev–Trinajstić information content (AvgIpc) is 1.77. The molecule has 0 spiro atoms. The number of aryl methyl sites for hydroxylation is 4. The number of nitrogens with zero attached hydrogens (tertiary/aromatic N) is 7. The van der Waals surface area contributed by atoms with Gasteiger partial charge in [0.15, 0.2) is 0 Å². The second kappa shape index (κ2) is 24.3. The maximum atomic E-state index is 13.4. The number of aromatic amines is 3. The molecule has 4 fully saturated rings. The van der Waals surface area contributed by atoms with E-state index in [1.807, 2.05) is 51.3 Å². The molecule has 4 aromatic carbocycles. The van der Waals surface area contributed by atoms with Gasteiger partial charge in [0.2, 0.25) is 0 Å². The number of fused-ring (bicyclic) bond motifs is 8. The number of amides is 2. The second-order valence-electron chi connectivity index (χ2n) is 28.6. The zero-order valence-corrected chi connectivity index (χ0v) is 54.3. The van der Waals surface area contributed by atoms with Crippen molar-refractivity contribution in [3.8, 4) is 44.8 Å². The fourth-order valence-corrected chi connectivity index (χ4v) is 14.7. The average molecular weight is 1210 g/mol. The lowest BCUT2D eigenvalue weighted by molar-refractivity contribution is 0.0200. The SMILES string of the molecule is CC(C)(C)OC(=O)N1CCC[C@H]1c1nc2c([nH]1)CCCc1cc(-c3ccc4nc([C@@H]5CCCN5C(=O)OC(C)(C)C)n(COCC[Si](C)(C)C)c4c3)ccc1-2.c1cc2c(cc1-c1ccc3nc([C@@H]4CCCN4)[nH]c3c1)CCCc1[nH]c([C@@H]3CCCN3)nc1-2. The smallest absolute Gasteiger partial charge is 0.410 e. The summed E-state index contributed by atoms with van der Waals surface area (Å²) in [5.41, 5.74) is 17.4. The largest absolute Gasteiger partial charge is 0.444 e. The number of carbonyl (C=O) groups excluding carboxylic acids is 2. The van der Waals surface area contributed by atoms with E-state index in [2.05, 4.69) is 123 Å². The van der Waals surface area contributed by atoms with Gasteiger partial charge in [0.25, 0.3) is 0 Å². The summed E-state index contributed by atoms with van der Waals surface area (Å²) in [6.07, 6.45) is 13.9. The van der Waals surface area contributed by atoms with E-state index >= 15 is 0 Å². The highest BCUT2D eigenvalue weighted by molar-refractivity contribution is 6.76. The number of H-pyrrole nitrogens is 3. The number of aromatic nitrogens is 8. The van der Waals surface area contributed by atoms with Gasteiger partial charge in [-0.15, -0.1) is 0 Å². The molecule has 4 aliphatic heterocycles. The Labute approximate surface area is 519 Å². The number of likely N-dealkylation sites (tertiary alicyclic amines) is 2. The Morgan fingerprint density at radius 3 is 1.66 bits per heavy atom. The van der Waals surface area contributed by atoms with Crippen LogP contribution in [0, 0.1) is 0 Å². The standard InChI is InChI=1S/C43H60N6O5Si.C27H30N6/c1-42(2,3)53-40(50)47-21-11-15-34(47)38-44-33-14-10-13-30-25-28(17-19-31(30)37(33)46-38)29-18-20-32-36(26-29)49(27-52-23-24-55(7,8)9)39(45-32)35-16-12-22-48(35)41(51)54-43(4,5)6;1-4-18-14-16(17-9-11-20-24(15-17)32-26(30-20)22-6-2-12-28-22)8-10-19(18)25-21(5-1)31-27(33-25)23-7-3-13-29-23/h17-20,25-26,34-35H,10-16,21-24,27H2,1-9H3,(H,44,46);8-11,14-15,22-23,28-29H,1-7,12-13H2,(H,30,32)(H,31,33)/t34-,35-;22-,23-/m00/s1. The van der Waals surface area contributed by atoms with E-state index < -0.39 is 19.3 Å². The normalized spacial score (nSPS) is 20.3. The van der Waals surface area contributed by atoms with Gasteiger partial charge in [0, 0.05) is 50.3 Å². The van der Waals surface area contributed by atoms with Gasteiger partial charge in [0.1, 0.15) is 41.2 Å². The van der Waals surface area contributed by atoms with E-state index in [9.17, 15) is 9.59 Å². The Morgan fingerprint density at radius 1 is 0.557 bits per heavy atom. The van der Waals surface area contributed by atoms with Gasteiger partial charge < -0.3 is 44.4 Å². The van der Waals surface area contributed by atoms with Crippen LogP contribution in [0.5, 0.6) is 0 Å². The van der Waals surface area contributed by atoms with E-state index in [0.29, 0.717) is 38.5 Å². The van der Waals surface area contributed by atoms with Crippen LogP contribution >= 0.6 is 0 Å². The van der Waals surface area contributed by atoms with Gasteiger partial charge in [0.05, 0.1) is 57.6 Å². The highest BCUT2D eigenvalue weighted by atomic mass is 28.3. The molecule has 0 unspecified atom stereocenters. The predicted octanol–water partition coefficient (Wildman–Crippen LogP) is 15.0. The Morgan fingerprint density at radius 2 is 1.08 bits per heavy atom. The van der Waals surface area contributed by atoms with Gasteiger partial charge in [-0.2, -0.15) is 0 Å². The number of rotatable bonds is 11. The van der Waals surface area contributed by atoms with Crippen LogP contribution in [0.25, 0.3) is 66.8 Å². The Kier molecular flexibility index (Phi) is 16.5. The Bertz CT molecular complexity index is 3860. The zero-order chi connectivity index (χ0) is 61.1. The fraction of sp³-hybridized carbons (Fsp3) is 0.514. The fourth-order valence-electron chi connectivity index (χ4n) is 13.9. The summed E-state index contributed by atoms with van der Waals surface area (Å²) >= 11 is 0. The first-order valence-electron chi connectivity index (χ1n) is 32.7. The van der Waals surface area contributed by atoms with E-state index in [1.54, 1.807) is 0 Å². The first kappa shape index (κ1) is 59.8. The summed E-state index contributed by atoms with van der Waals surface area (Å²) < 4.78 is 20.1. The van der Waals surface area contributed by atoms with E-state index in [1.165, 1.54) is 52.8 Å². The van der Waals surface area contributed by atoms with Gasteiger partial charge in [-0.05, 0) is 208 Å². The highest BCUT2D eigenvalue weighted by Gasteiger charge is 2.38. The van der Waals surface area contributed by atoms with Crippen molar-refractivity contribution in [2.45, 2.75) is 199 Å². The minimum atomic E-state index is -1.28. The third-order valence-corrected chi connectivity index (χ3v) is 20.1. The number of ether oxygens (including phenoxy) is 3. The Hall–Kier alpha value is -7.12. The molecule has 464 valence electrons. The lowest BCUT2D eigenvalue weighted by Gasteiger charge is -2.28. The molecule has 18 heteroatoms. The van der Waals surface area contributed by atoms with Crippen LogP contribution in [-0.4, -0.2) is 114 Å². The minimum Gasteiger partial charge on any atom is -0.444 e. The van der Waals surface area contributed by atoms with Crippen molar-refractivity contribution < 1.29 is 23.8 Å². The van der Waals surface area contributed by atoms with Gasteiger partial charge in [-0.25, -0.2) is 29.5 Å². The molecule has 6 aliphatic rings. The second-order valence-corrected chi connectivity index (χ2v) is 34.2. The van der Waals surface area contributed by atoms with Crippen molar-refractivity contribution in [1.82, 2.24) is 59.9 Å². The van der Waals surface area contributed by atoms with Crippen molar-refractivity contribution >= 4 is 42.3 Å². The lowest BCUT2D eigenvalue weighted by Crippen LogP contribution is -2.37. The molecule has 8 aromatic rings. The molecule has 17 nitrogen and oxygen atoms in total. The molecular formula is C70H90N12O5Si. The predicted molar refractivity (Wildman–Crippen MR) is 350 cm³/mol. The molecule has 8 heterocycles. The summed E-state index contributed by atoms with van der Waals surface area (Å²) in [5.74, 6) is 3.88. The van der Waals surface area contributed by atoms with Crippen molar-refractivity contribution in [3.63, 3.8) is 0 Å². The van der Waals surface area contributed by atoms with Crippen LogP contribution in [-0.2, 0) is 46.6 Å². The molecule has 0 saturated carbocycles. The molecule has 4 aromatic heterocycles. The topological polar surface area (TPSA) is 196 Å². The molecular weight excluding hydrogens is 1120 g/mol. The van der Waals surface area contributed by atoms with E-state index in [0.717, 1.165) is 169 Å². The van der Waals surface area contributed by atoms with Crippen LogP contribution in [0.2, 0.25) is 25.7 Å². The molecule has 4 atom stereocenters. The number of nitrogens with one attached hydrogen (secondary N) is 5. The minimum absolute atomic E-state index is 0.120. The number of imidazole rings is 4. The van der Waals surface area contributed by atoms with Crippen LogP contribution in [0.4, 0.5) is 9.59 Å². The summed E-state index contributed by atoms with van der Waals surface area (Å²) in [6.45, 7) is 23.1. The maximum Gasteiger partial charge on any atom is 0.410 e. The first-order valence-corrected chi connectivity index (χ1v) is 36.4. The van der Waals surface area contributed by atoms with Crippen molar-refractivity contribution in [3.05, 3.63) is 119 Å². The van der Waals surface area contributed by atoms with Gasteiger partial charge in [-0.1, -0.05) is 68.2 Å².